The Labute approximate surface area is 118 Å². The van der Waals surface area contributed by atoms with Crippen LogP contribution in [0.1, 0.15) is 24.8 Å². The molecule has 0 amide bonds. The van der Waals surface area contributed by atoms with Crippen LogP contribution in [0, 0.1) is 17.7 Å². The Bertz CT molecular complexity index is 605. The standard InChI is InChI=1S/C14H18FNO3S/c15-13-6-10(9-17)4-5-14(13)20(18,19)16-7-11-2-1-3-12(11)8-16/h4-6,11-12,17H,1-3,7-9H2. The van der Waals surface area contributed by atoms with Gasteiger partial charge in [0.2, 0.25) is 10.0 Å². The maximum atomic E-state index is 14.0. The molecule has 2 atom stereocenters. The van der Waals surface area contributed by atoms with Gasteiger partial charge in [0.15, 0.2) is 0 Å². The second kappa shape index (κ2) is 5.09. The zero-order chi connectivity index (χ0) is 14.3. The van der Waals surface area contributed by atoms with Gasteiger partial charge in [-0.05, 0) is 42.4 Å². The summed E-state index contributed by atoms with van der Waals surface area (Å²) in [6, 6.07) is 3.79. The number of aliphatic hydroxyl groups is 1. The van der Waals surface area contributed by atoms with Crippen LogP contribution in [-0.4, -0.2) is 30.9 Å². The first-order valence-corrected chi connectivity index (χ1v) is 8.36. The van der Waals surface area contributed by atoms with Gasteiger partial charge < -0.3 is 5.11 Å². The lowest BCUT2D eigenvalue weighted by Crippen LogP contribution is -2.30. The Balaban J connectivity index is 1.89. The molecular formula is C14H18FNO3S. The summed E-state index contributed by atoms with van der Waals surface area (Å²) < 4.78 is 40.4. The van der Waals surface area contributed by atoms with Crippen LogP contribution >= 0.6 is 0 Å². The van der Waals surface area contributed by atoms with E-state index in [1.54, 1.807) is 0 Å². The van der Waals surface area contributed by atoms with Gasteiger partial charge in [-0.3, -0.25) is 0 Å². The molecule has 0 aromatic heterocycles. The maximum Gasteiger partial charge on any atom is 0.246 e. The van der Waals surface area contributed by atoms with Gasteiger partial charge in [0, 0.05) is 13.1 Å². The molecule has 2 unspecified atom stereocenters. The maximum absolute atomic E-state index is 14.0. The summed E-state index contributed by atoms with van der Waals surface area (Å²) >= 11 is 0. The lowest BCUT2D eigenvalue weighted by Gasteiger charge is -2.18. The van der Waals surface area contributed by atoms with Crippen molar-refractivity contribution < 1.29 is 17.9 Å². The van der Waals surface area contributed by atoms with Crippen LogP contribution in [-0.2, 0) is 16.6 Å². The molecule has 1 N–H and O–H groups in total. The Hall–Kier alpha value is -0.980. The number of sulfonamides is 1. The SMILES string of the molecule is O=S(=O)(c1ccc(CO)cc1F)N1CC2CCCC2C1. The van der Waals surface area contributed by atoms with Crippen LogP contribution in [0.2, 0.25) is 0 Å². The molecular weight excluding hydrogens is 281 g/mol. The number of hydrogen-bond donors (Lipinski definition) is 1. The van der Waals surface area contributed by atoms with Crippen LogP contribution in [0.4, 0.5) is 4.39 Å². The van der Waals surface area contributed by atoms with Crippen molar-refractivity contribution >= 4 is 10.0 Å². The van der Waals surface area contributed by atoms with Gasteiger partial charge in [0.05, 0.1) is 6.61 Å². The highest BCUT2D eigenvalue weighted by Crippen LogP contribution is 2.40. The van der Waals surface area contributed by atoms with Crippen LogP contribution in [0.3, 0.4) is 0 Å². The van der Waals surface area contributed by atoms with E-state index in [-0.39, 0.29) is 11.5 Å². The molecule has 20 heavy (non-hydrogen) atoms. The number of nitrogens with zero attached hydrogens (tertiary/aromatic N) is 1. The number of rotatable bonds is 3. The smallest absolute Gasteiger partial charge is 0.246 e. The molecule has 3 rings (SSSR count). The summed E-state index contributed by atoms with van der Waals surface area (Å²) in [5, 5.41) is 8.95. The fourth-order valence-corrected chi connectivity index (χ4v) is 4.98. The second-order valence-corrected chi connectivity index (χ2v) is 7.60. The molecule has 4 nitrogen and oxygen atoms in total. The average molecular weight is 299 g/mol. The van der Waals surface area contributed by atoms with E-state index >= 15 is 0 Å². The second-order valence-electron chi connectivity index (χ2n) is 5.70. The third-order valence-electron chi connectivity index (χ3n) is 4.49. The molecule has 110 valence electrons. The molecule has 0 radical (unpaired) electrons. The first-order chi connectivity index (χ1) is 9.52. The minimum absolute atomic E-state index is 0.283. The fraction of sp³-hybridized carbons (Fsp3) is 0.571. The van der Waals surface area contributed by atoms with Crippen LogP contribution in [0.25, 0.3) is 0 Å². The van der Waals surface area contributed by atoms with E-state index in [1.807, 2.05) is 0 Å². The van der Waals surface area contributed by atoms with Gasteiger partial charge >= 0.3 is 0 Å². The number of halogens is 1. The van der Waals surface area contributed by atoms with E-state index in [1.165, 1.54) is 22.9 Å². The van der Waals surface area contributed by atoms with E-state index in [0.717, 1.165) is 18.9 Å². The van der Waals surface area contributed by atoms with E-state index in [4.69, 9.17) is 5.11 Å². The van der Waals surface area contributed by atoms with Crippen molar-refractivity contribution in [2.45, 2.75) is 30.8 Å². The van der Waals surface area contributed by atoms with E-state index in [9.17, 15) is 12.8 Å². The Kier molecular flexibility index (Phi) is 3.56. The van der Waals surface area contributed by atoms with Gasteiger partial charge in [-0.2, -0.15) is 4.31 Å². The molecule has 1 saturated carbocycles. The first kappa shape index (κ1) is 14.0. The van der Waals surface area contributed by atoms with Gasteiger partial charge in [-0.25, -0.2) is 12.8 Å². The highest BCUT2D eigenvalue weighted by atomic mass is 32.2. The van der Waals surface area contributed by atoms with Crippen molar-refractivity contribution in [1.29, 1.82) is 0 Å². The van der Waals surface area contributed by atoms with Crippen LogP contribution in [0.5, 0.6) is 0 Å². The molecule has 0 spiro atoms. The number of aliphatic hydroxyl groups excluding tert-OH is 1. The molecule has 1 aliphatic heterocycles. The summed E-state index contributed by atoms with van der Waals surface area (Å²) in [5.74, 6) is 0.0858. The van der Waals surface area contributed by atoms with Crippen molar-refractivity contribution in [2.75, 3.05) is 13.1 Å². The summed E-state index contributed by atoms with van der Waals surface area (Å²) in [4.78, 5) is -0.283. The lowest BCUT2D eigenvalue weighted by molar-refractivity contribution is 0.281. The third kappa shape index (κ3) is 2.25. The van der Waals surface area contributed by atoms with Gasteiger partial charge in [0.1, 0.15) is 10.7 Å². The van der Waals surface area contributed by atoms with E-state index in [2.05, 4.69) is 0 Å². The molecule has 2 fully saturated rings. The minimum Gasteiger partial charge on any atom is -0.392 e. The number of benzene rings is 1. The van der Waals surface area contributed by atoms with E-state index in [0.29, 0.717) is 30.5 Å². The summed E-state index contributed by atoms with van der Waals surface area (Å²) in [7, 11) is -3.76. The van der Waals surface area contributed by atoms with Crippen LogP contribution < -0.4 is 0 Å². The predicted octanol–water partition coefficient (Wildman–Crippen LogP) is 1.74. The van der Waals surface area contributed by atoms with Crippen molar-refractivity contribution in [3.05, 3.63) is 29.6 Å². The average Bonchev–Trinajstić information content (AvgIpc) is 2.99. The third-order valence-corrected chi connectivity index (χ3v) is 6.35. The Morgan fingerprint density at radius 3 is 2.45 bits per heavy atom. The zero-order valence-corrected chi connectivity index (χ0v) is 11.9. The molecule has 1 aromatic carbocycles. The van der Waals surface area contributed by atoms with Gasteiger partial charge in [-0.1, -0.05) is 12.5 Å². The fourth-order valence-electron chi connectivity index (χ4n) is 3.38. The quantitative estimate of drug-likeness (QED) is 0.925. The first-order valence-electron chi connectivity index (χ1n) is 6.92. The van der Waals surface area contributed by atoms with Crippen molar-refractivity contribution in [1.82, 2.24) is 4.31 Å². The summed E-state index contributed by atoms with van der Waals surface area (Å²) in [6.07, 6.45) is 3.31. The monoisotopic (exact) mass is 299 g/mol. The number of hydrogen-bond acceptors (Lipinski definition) is 3. The lowest BCUT2D eigenvalue weighted by atomic mass is 10.0. The van der Waals surface area contributed by atoms with Crippen molar-refractivity contribution in [3.63, 3.8) is 0 Å². The summed E-state index contributed by atoms with van der Waals surface area (Å²) in [6.45, 7) is 0.716. The molecule has 0 bridgehead atoms. The van der Waals surface area contributed by atoms with Crippen molar-refractivity contribution in [3.8, 4) is 0 Å². The molecule has 1 aliphatic carbocycles. The summed E-state index contributed by atoms with van der Waals surface area (Å²) in [5.41, 5.74) is 0.375. The highest BCUT2D eigenvalue weighted by Gasteiger charge is 2.42. The minimum atomic E-state index is -3.76. The largest absolute Gasteiger partial charge is 0.392 e. The molecule has 1 saturated heterocycles. The van der Waals surface area contributed by atoms with Crippen LogP contribution in [0.15, 0.2) is 23.1 Å². The van der Waals surface area contributed by atoms with Crippen molar-refractivity contribution in [2.24, 2.45) is 11.8 Å². The van der Waals surface area contributed by atoms with Gasteiger partial charge in [0.25, 0.3) is 0 Å². The molecule has 1 heterocycles. The normalized spacial score (nSPS) is 26.9. The Morgan fingerprint density at radius 1 is 1.25 bits per heavy atom. The zero-order valence-electron chi connectivity index (χ0n) is 11.1. The molecule has 1 aromatic rings. The molecule has 6 heteroatoms. The predicted molar refractivity (Wildman–Crippen MR) is 71.9 cm³/mol. The van der Waals surface area contributed by atoms with E-state index < -0.39 is 15.8 Å². The van der Waals surface area contributed by atoms with Gasteiger partial charge in [-0.15, -0.1) is 0 Å². The Morgan fingerprint density at radius 2 is 1.90 bits per heavy atom. The molecule has 2 aliphatic rings. The topological polar surface area (TPSA) is 57.6 Å². The highest BCUT2D eigenvalue weighted by molar-refractivity contribution is 7.89. The number of fused-ring (bicyclic) bond motifs is 1.